The van der Waals surface area contributed by atoms with Crippen LogP contribution >= 0.6 is 22.6 Å². The highest BCUT2D eigenvalue weighted by molar-refractivity contribution is 14.1. The third-order valence-corrected chi connectivity index (χ3v) is 2.51. The van der Waals surface area contributed by atoms with E-state index in [4.69, 9.17) is 0 Å². The molecule has 0 saturated carbocycles. The number of hydrogen-bond acceptors (Lipinski definition) is 2. The van der Waals surface area contributed by atoms with Crippen LogP contribution in [0.5, 0.6) is 0 Å². The van der Waals surface area contributed by atoms with Gasteiger partial charge in [0.15, 0.2) is 0 Å². The molecule has 0 amide bonds. The second-order valence-corrected chi connectivity index (χ2v) is 4.28. The van der Waals surface area contributed by atoms with Crippen molar-refractivity contribution < 1.29 is 0 Å². The van der Waals surface area contributed by atoms with Gasteiger partial charge in [0, 0.05) is 25.1 Å². The van der Waals surface area contributed by atoms with Crippen LogP contribution in [0.2, 0.25) is 0 Å². The summed E-state index contributed by atoms with van der Waals surface area (Å²) in [7, 11) is 0. The monoisotopic (exact) mass is 299 g/mol. The van der Waals surface area contributed by atoms with Crippen LogP contribution in [0.3, 0.4) is 0 Å². The second-order valence-electron chi connectivity index (χ2n) is 3.03. The number of halogens is 1. The molecule has 0 saturated heterocycles. The molecule has 0 bridgehead atoms. The minimum Gasteiger partial charge on any atom is -0.271 e. The number of aromatic nitrogens is 3. The molecule has 2 rings (SSSR count). The highest BCUT2D eigenvalue weighted by Crippen LogP contribution is 2.03. The molecule has 0 N–H and O–H groups in total. The molecule has 0 aromatic carbocycles. The maximum atomic E-state index is 4.22. The lowest BCUT2D eigenvalue weighted by Gasteiger charge is -2.00. The molecule has 3 nitrogen and oxygen atoms in total. The maximum absolute atomic E-state index is 4.22. The Balaban J connectivity index is 1.95. The van der Waals surface area contributed by atoms with Gasteiger partial charge in [-0.25, -0.2) is 0 Å². The molecular formula is C10H10IN3. The van der Waals surface area contributed by atoms with Crippen LogP contribution in [-0.4, -0.2) is 14.8 Å². The summed E-state index contributed by atoms with van der Waals surface area (Å²) < 4.78 is 3.13. The Kier molecular flexibility index (Phi) is 3.13. The quantitative estimate of drug-likeness (QED) is 0.813. The van der Waals surface area contributed by atoms with E-state index in [0.29, 0.717) is 0 Å². The summed E-state index contributed by atoms with van der Waals surface area (Å²) in [4.78, 5) is 4.07. The van der Waals surface area contributed by atoms with Crippen LogP contribution < -0.4 is 0 Å². The molecule has 0 aliphatic heterocycles. The van der Waals surface area contributed by atoms with Gasteiger partial charge in [-0.05, 0) is 40.6 Å². The van der Waals surface area contributed by atoms with Gasteiger partial charge in [-0.15, -0.1) is 0 Å². The van der Waals surface area contributed by atoms with Crippen molar-refractivity contribution >= 4 is 22.6 Å². The van der Waals surface area contributed by atoms with Crippen molar-refractivity contribution in [2.75, 3.05) is 0 Å². The van der Waals surface area contributed by atoms with E-state index in [1.165, 1.54) is 9.13 Å². The molecule has 2 heterocycles. The predicted octanol–water partition coefficient (Wildman–Crippen LogP) is 2.13. The summed E-state index contributed by atoms with van der Waals surface area (Å²) in [6, 6.07) is 4.05. The number of nitrogens with zero attached hydrogens (tertiary/aromatic N) is 3. The minimum absolute atomic E-state index is 0.911. The lowest BCUT2D eigenvalue weighted by atomic mass is 10.2. The highest BCUT2D eigenvalue weighted by atomic mass is 127. The standard InChI is InChI=1S/C10H10IN3/c11-10-7-13-14(8-10)5-3-9-2-1-4-12-6-9/h1-2,4,6-8H,3,5H2. The summed E-state index contributed by atoms with van der Waals surface area (Å²) in [6.07, 6.45) is 8.57. The van der Waals surface area contributed by atoms with Crippen LogP contribution in [-0.2, 0) is 13.0 Å². The van der Waals surface area contributed by atoms with E-state index >= 15 is 0 Å². The van der Waals surface area contributed by atoms with E-state index in [1.807, 2.05) is 29.3 Å². The number of aryl methyl sites for hydroxylation is 2. The van der Waals surface area contributed by atoms with E-state index in [-0.39, 0.29) is 0 Å². The van der Waals surface area contributed by atoms with Crippen LogP contribution in [0.15, 0.2) is 36.9 Å². The normalized spacial score (nSPS) is 10.4. The molecule has 14 heavy (non-hydrogen) atoms. The molecule has 72 valence electrons. The average molecular weight is 299 g/mol. The zero-order valence-electron chi connectivity index (χ0n) is 7.60. The molecule has 0 spiro atoms. The molecule has 0 aliphatic rings. The number of pyridine rings is 1. The Hall–Kier alpha value is -0.910. The van der Waals surface area contributed by atoms with Crippen molar-refractivity contribution in [2.45, 2.75) is 13.0 Å². The van der Waals surface area contributed by atoms with E-state index in [2.05, 4.69) is 38.7 Å². The Morgan fingerprint density at radius 2 is 2.29 bits per heavy atom. The Morgan fingerprint density at radius 3 is 2.93 bits per heavy atom. The summed E-state index contributed by atoms with van der Waals surface area (Å²) in [6.45, 7) is 0.911. The zero-order valence-corrected chi connectivity index (χ0v) is 9.76. The number of rotatable bonds is 3. The zero-order chi connectivity index (χ0) is 9.80. The topological polar surface area (TPSA) is 30.7 Å². The van der Waals surface area contributed by atoms with Crippen molar-refractivity contribution in [3.63, 3.8) is 0 Å². The lowest BCUT2D eigenvalue weighted by molar-refractivity contribution is 0.614. The lowest BCUT2D eigenvalue weighted by Crippen LogP contribution is -2.01. The first-order valence-electron chi connectivity index (χ1n) is 4.41. The van der Waals surface area contributed by atoms with Gasteiger partial charge in [-0.2, -0.15) is 5.10 Å². The molecule has 0 atom stereocenters. The average Bonchev–Trinajstić information content (AvgIpc) is 2.63. The second kappa shape index (κ2) is 4.54. The summed E-state index contributed by atoms with van der Waals surface area (Å²) in [5.74, 6) is 0. The fraction of sp³-hybridized carbons (Fsp3) is 0.200. The predicted molar refractivity (Wildman–Crippen MR) is 62.9 cm³/mol. The van der Waals surface area contributed by atoms with Crippen LogP contribution in [0.1, 0.15) is 5.56 Å². The van der Waals surface area contributed by atoms with Crippen LogP contribution in [0, 0.1) is 3.57 Å². The first-order chi connectivity index (χ1) is 6.84. The highest BCUT2D eigenvalue weighted by Gasteiger charge is 1.96. The first-order valence-corrected chi connectivity index (χ1v) is 5.49. The van der Waals surface area contributed by atoms with Gasteiger partial charge < -0.3 is 0 Å². The van der Waals surface area contributed by atoms with Gasteiger partial charge in [0.1, 0.15) is 0 Å². The van der Waals surface area contributed by atoms with E-state index in [1.54, 1.807) is 6.20 Å². The fourth-order valence-corrected chi connectivity index (χ4v) is 1.70. The maximum Gasteiger partial charge on any atom is 0.0623 e. The van der Waals surface area contributed by atoms with Gasteiger partial charge in [-0.3, -0.25) is 9.67 Å². The molecular weight excluding hydrogens is 289 g/mol. The molecule has 2 aromatic rings. The summed E-state index contributed by atoms with van der Waals surface area (Å²) >= 11 is 2.26. The smallest absolute Gasteiger partial charge is 0.0623 e. The Bertz CT molecular complexity index is 397. The molecule has 2 aromatic heterocycles. The molecule has 0 radical (unpaired) electrons. The third kappa shape index (κ3) is 2.54. The van der Waals surface area contributed by atoms with Crippen molar-refractivity contribution in [3.8, 4) is 0 Å². The van der Waals surface area contributed by atoms with Gasteiger partial charge in [0.05, 0.1) is 9.77 Å². The number of hydrogen-bond donors (Lipinski definition) is 0. The van der Waals surface area contributed by atoms with E-state index in [0.717, 1.165) is 13.0 Å². The fourth-order valence-electron chi connectivity index (χ4n) is 1.25. The van der Waals surface area contributed by atoms with Crippen molar-refractivity contribution in [2.24, 2.45) is 0 Å². The largest absolute Gasteiger partial charge is 0.271 e. The van der Waals surface area contributed by atoms with Crippen molar-refractivity contribution in [1.29, 1.82) is 0 Å². The van der Waals surface area contributed by atoms with Gasteiger partial charge in [-0.1, -0.05) is 6.07 Å². The van der Waals surface area contributed by atoms with E-state index in [9.17, 15) is 0 Å². The molecule has 0 fully saturated rings. The Labute approximate surface area is 96.3 Å². The van der Waals surface area contributed by atoms with Crippen LogP contribution in [0.25, 0.3) is 0 Å². The first kappa shape index (κ1) is 9.64. The van der Waals surface area contributed by atoms with E-state index < -0.39 is 0 Å². The minimum atomic E-state index is 0.911. The molecule has 0 unspecified atom stereocenters. The summed E-state index contributed by atoms with van der Waals surface area (Å²) in [5.41, 5.74) is 1.25. The molecule has 0 aliphatic carbocycles. The van der Waals surface area contributed by atoms with Crippen LogP contribution in [0.4, 0.5) is 0 Å². The van der Waals surface area contributed by atoms with Gasteiger partial charge in [0.25, 0.3) is 0 Å². The Morgan fingerprint density at radius 1 is 1.36 bits per heavy atom. The third-order valence-electron chi connectivity index (χ3n) is 1.95. The summed E-state index contributed by atoms with van der Waals surface area (Å²) in [5, 5.41) is 4.22. The van der Waals surface area contributed by atoms with Gasteiger partial charge in [0.2, 0.25) is 0 Å². The SMILES string of the molecule is Ic1cnn(CCc2cccnc2)c1. The van der Waals surface area contributed by atoms with Gasteiger partial charge >= 0.3 is 0 Å². The molecule has 4 heteroatoms. The van der Waals surface area contributed by atoms with Crippen molar-refractivity contribution in [3.05, 3.63) is 46.1 Å². The van der Waals surface area contributed by atoms with Crippen molar-refractivity contribution in [1.82, 2.24) is 14.8 Å².